The van der Waals surface area contributed by atoms with Crippen LogP contribution >= 0.6 is 0 Å². The second-order valence-corrected chi connectivity index (χ2v) is 3.94. The van der Waals surface area contributed by atoms with Crippen molar-refractivity contribution in [2.75, 3.05) is 6.61 Å². The normalized spacial score (nSPS) is 14.1. The molecule has 0 aromatic carbocycles. The van der Waals surface area contributed by atoms with Crippen LogP contribution in [-0.4, -0.2) is 47.6 Å². The number of alkyl halides is 9. The van der Waals surface area contributed by atoms with E-state index in [9.17, 15) is 49.1 Å². The van der Waals surface area contributed by atoms with Gasteiger partial charge in [-0.2, -0.15) is 39.5 Å². The predicted octanol–water partition coefficient (Wildman–Crippen LogP) is 3.03. The molecule has 1 N–H and O–H groups in total. The molecule has 13 heteroatoms. The zero-order valence-electron chi connectivity index (χ0n) is 10.6. The van der Waals surface area contributed by atoms with Crippen LogP contribution in [-0.2, 0) is 14.3 Å². The van der Waals surface area contributed by atoms with Crippen molar-refractivity contribution in [2.24, 2.45) is 0 Å². The SMILES string of the molecule is O=C(O)C=CC(=O)OCCC(F)(F)C(F)(F)C(F)(F)C(F)(F)F. The molecule has 0 aliphatic rings. The van der Waals surface area contributed by atoms with Gasteiger partial charge < -0.3 is 9.84 Å². The number of ether oxygens (including phenoxy) is 1. The van der Waals surface area contributed by atoms with E-state index in [2.05, 4.69) is 4.74 Å². The van der Waals surface area contributed by atoms with Crippen LogP contribution in [0.2, 0.25) is 0 Å². The third kappa shape index (κ3) is 4.76. The van der Waals surface area contributed by atoms with E-state index in [4.69, 9.17) is 5.11 Å². The zero-order valence-corrected chi connectivity index (χ0v) is 10.6. The maximum Gasteiger partial charge on any atom is 0.460 e. The first-order valence-electron chi connectivity index (χ1n) is 5.34. The minimum Gasteiger partial charge on any atom is -0.478 e. The monoisotopic (exact) mass is 362 g/mol. The van der Waals surface area contributed by atoms with Crippen molar-refractivity contribution in [3.63, 3.8) is 0 Å². The Morgan fingerprint density at radius 3 is 1.74 bits per heavy atom. The molecule has 0 spiro atoms. The highest BCUT2D eigenvalue weighted by molar-refractivity contribution is 5.90. The fourth-order valence-electron chi connectivity index (χ4n) is 1.03. The van der Waals surface area contributed by atoms with Crippen LogP contribution in [0.4, 0.5) is 39.5 Å². The second kappa shape index (κ2) is 6.66. The fourth-order valence-corrected chi connectivity index (χ4v) is 1.03. The average Bonchev–Trinajstić information content (AvgIpc) is 2.34. The quantitative estimate of drug-likeness (QED) is 0.430. The molecular weight excluding hydrogens is 355 g/mol. The smallest absolute Gasteiger partial charge is 0.460 e. The van der Waals surface area contributed by atoms with Crippen LogP contribution in [0, 0.1) is 0 Å². The molecule has 0 bridgehead atoms. The van der Waals surface area contributed by atoms with Crippen LogP contribution in [0.25, 0.3) is 0 Å². The summed E-state index contributed by atoms with van der Waals surface area (Å²) in [6, 6.07) is 0. The number of halogens is 9. The lowest BCUT2D eigenvalue weighted by Crippen LogP contribution is -2.61. The van der Waals surface area contributed by atoms with E-state index in [0.29, 0.717) is 0 Å². The summed E-state index contributed by atoms with van der Waals surface area (Å²) in [4.78, 5) is 20.7. The molecule has 0 aliphatic carbocycles. The lowest BCUT2D eigenvalue weighted by atomic mass is 10.0. The molecule has 0 saturated heterocycles. The third-order valence-corrected chi connectivity index (χ3v) is 2.23. The lowest BCUT2D eigenvalue weighted by Gasteiger charge is -2.33. The maximum absolute atomic E-state index is 13.0. The number of esters is 1. The molecule has 0 rings (SSSR count). The summed E-state index contributed by atoms with van der Waals surface area (Å²) in [5.41, 5.74) is 0. The molecule has 0 saturated carbocycles. The van der Waals surface area contributed by atoms with Gasteiger partial charge in [-0.3, -0.25) is 0 Å². The van der Waals surface area contributed by atoms with Gasteiger partial charge in [-0.05, 0) is 0 Å². The van der Waals surface area contributed by atoms with Gasteiger partial charge in [-0.25, -0.2) is 9.59 Å². The fraction of sp³-hybridized carbons (Fsp3) is 0.600. The number of hydrogen-bond acceptors (Lipinski definition) is 3. The number of aliphatic carboxylic acids is 1. The van der Waals surface area contributed by atoms with Crippen molar-refractivity contribution in [2.45, 2.75) is 30.4 Å². The molecule has 4 nitrogen and oxygen atoms in total. The Bertz CT molecular complexity index is 481. The first-order chi connectivity index (χ1) is 10.1. The Labute approximate surface area is 121 Å². The van der Waals surface area contributed by atoms with E-state index < -0.39 is 48.9 Å². The van der Waals surface area contributed by atoms with Gasteiger partial charge >= 0.3 is 35.9 Å². The highest BCUT2D eigenvalue weighted by Crippen LogP contribution is 2.53. The van der Waals surface area contributed by atoms with Gasteiger partial charge in [0.1, 0.15) is 0 Å². The molecule has 134 valence electrons. The molecule has 0 aromatic rings. The summed E-state index contributed by atoms with van der Waals surface area (Å²) >= 11 is 0. The van der Waals surface area contributed by atoms with Crippen LogP contribution in [0.5, 0.6) is 0 Å². The largest absolute Gasteiger partial charge is 0.478 e. The van der Waals surface area contributed by atoms with Crippen molar-refractivity contribution >= 4 is 11.9 Å². The van der Waals surface area contributed by atoms with Crippen LogP contribution in [0.3, 0.4) is 0 Å². The number of rotatable bonds is 7. The van der Waals surface area contributed by atoms with E-state index in [1.807, 2.05) is 0 Å². The second-order valence-electron chi connectivity index (χ2n) is 3.94. The molecular formula is C10H7F9O4. The van der Waals surface area contributed by atoms with E-state index in [1.54, 1.807) is 0 Å². The molecule has 0 aliphatic heterocycles. The van der Waals surface area contributed by atoms with E-state index in [-0.39, 0.29) is 12.2 Å². The van der Waals surface area contributed by atoms with Crippen molar-refractivity contribution in [3.05, 3.63) is 12.2 Å². The van der Waals surface area contributed by atoms with E-state index in [0.717, 1.165) is 0 Å². The molecule has 0 radical (unpaired) electrons. The summed E-state index contributed by atoms with van der Waals surface area (Å²) in [5, 5.41) is 8.09. The zero-order chi connectivity index (χ0) is 18.7. The van der Waals surface area contributed by atoms with Gasteiger partial charge in [0, 0.05) is 12.2 Å². The Morgan fingerprint density at radius 2 is 1.35 bits per heavy atom. The van der Waals surface area contributed by atoms with Crippen molar-refractivity contribution < 1.29 is 58.9 Å². The summed E-state index contributed by atoms with van der Waals surface area (Å²) in [7, 11) is 0. The minimum atomic E-state index is -7.02. The van der Waals surface area contributed by atoms with Crippen molar-refractivity contribution in [1.29, 1.82) is 0 Å². The summed E-state index contributed by atoms with van der Waals surface area (Å²) in [6.07, 6.45) is -8.91. The van der Waals surface area contributed by atoms with E-state index >= 15 is 0 Å². The van der Waals surface area contributed by atoms with Crippen LogP contribution in [0.15, 0.2) is 12.2 Å². The average molecular weight is 362 g/mol. The first-order valence-corrected chi connectivity index (χ1v) is 5.34. The Balaban J connectivity index is 4.93. The Morgan fingerprint density at radius 1 is 0.870 bits per heavy atom. The van der Waals surface area contributed by atoms with Gasteiger partial charge in [0.2, 0.25) is 0 Å². The standard InChI is InChI=1S/C10H7F9O4/c11-7(12,3-4-23-6(22)2-1-5(20)21)8(13,14)9(15,16)10(17,18)19/h1-2H,3-4H2,(H,20,21). The molecule has 0 atom stereocenters. The van der Waals surface area contributed by atoms with Gasteiger partial charge in [0.05, 0.1) is 13.0 Å². The number of carboxylic acid groups (broad SMARTS) is 1. The molecule has 0 amide bonds. The molecule has 23 heavy (non-hydrogen) atoms. The molecule has 0 fully saturated rings. The number of carbonyl (C=O) groups is 2. The molecule has 0 unspecified atom stereocenters. The number of hydrogen-bond donors (Lipinski definition) is 1. The van der Waals surface area contributed by atoms with Crippen molar-refractivity contribution in [1.82, 2.24) is 0 Å². The third-order valence-electron chi connectivity index (χ3n) is 2.23. The summed E-state index contributed by atoms with van der Waals surface area (Å²) in [5.74, 6) is -22.9. The van der Waals surface area contributed by atoms with Crippen molar-refractivity contribution in [3.8, 4) is 0 Å². The highest BCUT2D eigenvalue weighted by Gasteiger charge is 2.81. The van der Waals surface area contributed by atoms with Gasteiger partial charge in [-0.15, -0.1) is 0 Å². The lowest BCUT2D eigenvalue weighted by molar-refractivity contribution is -0.397. The van der Waals surface area contributed by atoms with Gasteiger partial charge in [-0.1, -0.05) is 0 Å². The highest BCUT2D eigenvalue weighted by atomic mass is 19.4. The Hall–Kier alpha value is -1.95. The van der Waals surface area contributed by atoms with Gasteiger partial charge in [0.15, 0.2) is 0 Å². The summed E-state index contributed by atoms with van der Waals surface area (Å²) < 4.78 is 116. The Kier molecular flexibility index (Phi) is 6.10. The predicted molar refractivity (Wildman–Crippen MR) is 53.2 cm³/mol. The topological polar surface area (TPSA) is 63.6 Å². The maximum atomic E-state index is 13.0. The molecule has 0 aromatic heterocycles. The summed E-state index contributed by atoms with van der Waals surface area (Å²) in [6.45, 7) is -1.65. The minimum absolute atomic E-state index is 0.183. The van der Waals surface area contributed by atoms with Gasteiger partial charge in [0.25, 0.3) is 0 Å². The first kappa shape index (κ1) is 21.0. The van der Waals surface area contributed by atoms with E-state index in [1.165, 1.54) is 0 Å². The van der Waals surface area contributed by atoms with Crippen LogP contribution < -0.4 is 0 Å². The van der Waals surface area contributed by atoms with Crippen LogP contribution in [0.1, 0.15) is 6.42 Å². The number of carbonyl (C=O) groups excluding carboxylic acids is 1. The number of carboxylic acids is 1. The molecule has 0 heterocycles.